The molecule has 134 valence electrons. The maximum atomic E-state index is 13.1. The van der Waals surface area contributed by atoms with Crippen LogP contribution in [0.5, 0.6) is 0 Å². The smallest absolute Gasteiger partial charge is 0.242 e. The number of benzene rings is 2. The first kappa shape index (κ1) is 18.1. The van der Waals surface area contributed by atoms with E-state index in [0.717, 1.165) is 17.9 Å². The van der Waals surface area contributed by atoms with Crippen molar-refractivity contribution in [2.24, 2.45) is 0 Å². The minimum atomic E-state index is -0.504. The first-order valence-electron chi connectivity index (χ1n) is 8.26. The van der Waals surface area contributed by atoms with Crippen molar-refractivity contribution < 1.29 is 9.18 Å². The third kappa shape index (κ3) is 4.11. The third-order valence-corrected chi connectivity index (χ3v) is 5.13. The van der Waals surface area contributed by atoms with Gasteiger partial charge >= 0.3 is 0 Å². The van der Waals surface area contributed by atoms with Crippen LogP contribution in [-0.4, -0.2) is 20.7 Å². The standard InChI is InChI=1S/C19H19FN4OS/c1-3-24-13(2)22-23-19(24)26-17(14-7-5-4-6-8-14)18(25)21-16-11-9-15(20)10-12-16/h4-12,17H,3H2,1-2H3,(H,21,25). The Labute approximate surface area is 155 Å². The molecule has 1 N–H and O–H groups in total. The van der Waals surface area contributed by atoms with E-state index in [-0.39, 0.29) is 11.7 Å². The Kier molecular flexibility index (Phi) is 5.68. The summed E-state index contributed by atoms with van der Waals surface area (Å²) in [5.41, 5.74) is 1.41. The van der Waals surface area contributed by atoms with Crippen molar-refractivity contribution in [3.63, 3.8) is 0 Å². The van der Waals surface area contributed by atoms with Gasteiger partial charge in [-0.15, -0.1) is 10.2 Å². The summed E-state index contributed by atoms with van der Waals surface area (Å²) < 4.78 is 15.1. The molecule has 0 radical (unpaired) electrons. The van der Waals surface area contributed by atoms with Crippen molar-refractivity contribution in [2.45, 2.75) is 30.8 Å². The van der Waals surface area contributed by atoms with Crippen molar-refractivity contribution in [1.29, 1.82) is 0 Å². The van der Waals surface area contributed by atoms with Crippen molar-refractivity contribution in [2.75, 3.05) is 5.32 Å². The molecule has 0 bridgehead atoms. The summed E-state index contributed by atoms with van der Waals surface area (Å²) in [6, 6.07) is 15.2. The van der Waals surface area contributed by atoms with Crippen LogP contribution in [0.1, 0.15) is 23.6 Å². The van der Waals surface area contributed by atoms with Crippen LogP contribution in [0, 0.1) is 12.7 Å². The summed E-state index contributed by atoms with van der Waals surface area (Å²) in [5.74, 6) is 0.264. The minimum absolute atomic E-state index is 0.198. The topological polar surface area (TPSA) is 59.8 Å². The number of hydrogen-bond donors (Lipinski definition) is 1. The molecule has 1 heterocycles. The maximum absolute atomic E-state index is 13.1. The van der Waals surface area contributed by atoms with Gasteiger partial charge in [0.05, 0.1) is 0 Å². The van der Waals surface area contributed by atoms with Gasteiger partial charge in [0.15, 0.2) is 5.16 Å². The second kappa shape index (κ2) is 8.14. The molecular weight excluding hydrogens is 351 g/mol. The van der Waals surface area contributed by atoms with E-state index in [9.17, 15) is 9.18 Å². The Hall–Kier alpha value is -2.67. The molecule has 1 amide bonds. The van der Waals surface area contributed by atoms with Crippen LogP contribution in [0.2, 0.25) is 0 Å². The molecule has 1 aromatic heterocycles. The molecule has 5 nitrogen and oxygen atoms in total. The fraction of sp³-hybridized carbons (Fsp3) is 0.211. The first-order valence-corrected chi connectivity index (χ1v) is 9.14. The Bertz CT molecular complexity index is 880. The molecular formula is C19H19FN4OS. The van der Waals surface area contributed by atoms with E-state index in [2.05, 4.69) is 15.5 Å². The Morgan fingerprint density at radius 2 is 1.85 bits per heavy atom. The highest BCUT2D eigenvalue weighted by atomic mass is 32.2. The van der Waals surface area contributed by atoms with Gasteiger partial charge in [-0.3, -0.25) is 4.79 Å². The van der Waals surface area contributed by atoms with Crippen molar-refractivity contribution >= 4 is 23.4 Å². The number of hydrogen-bond acceptors (Lipinski definition) is 4. The van der Waals surface area contributed by atoms with E-state index in [1.54, 1.807) is 12.1 Å². The van der Waals surface area contributed by atoms with Crippen molar-refractivity contribution in [1.82, 2.24) is 14.8 Å². The lowest BCUT2D eigenvalue weighted by Crippen LogP contribution is -2.19. The van der Waals surface area contributed by atoms with Crippen LogP contribution in [0.4, 0.5) is 10.1 Å². The molecule has 0 saturated carbocycles. The summed E-state index contributed by atoms with van der Waals surface area (Å²) in [7, 11) is 0. The summed E-state index contributed by atoms with van der Waals surface area (Å²) >= 11 is 1.35. The zero-order valence-corrected chi connectivity index (χ0v) is 15.3. The van der Waals surface area contributed by atoms with Gasteiger partial charge < -0.3 is 9.88 Å². The number of aryl methyl sites for hydroxylation is 1. The van der Waals surface area contributed by atoms with Crippen LogP contribution < -0.4 is 5.32 Å². The first-order chi connectivity index (χ1) is 12.6. The van der Waals surface area contributed by atoms with Crippen molar-refractivity contribution in [3.05, 3.63) is 71.8 Å². The number of carbonyl (C=O) groups is 1. The monoisotopic (exact) mass is 370 g/mol. The predicted molar refractivity (Wildman–Crippen MR) is 101 cm³/mol. The molecule has 0 aliphatic heterocycles. The van der Waals surface area contributed by atoms with Crippen LogP contribution in [0.3, 0.4) is 0 Å². The average molecular weight is 370 g/mol. The van der Waals surface area contributed by atoms with Gasteiger partial charge in [-0.25, -0.2) is 4.39 Å². The van der Waals surface area contributed by atoms with E-state index < -0.39 is 5.25 Å². The fourth-order valence-corrected chi connectivity index (χ4v) is 3.71. The molecule has 1 unspecified atom stereocenters. The molecule has 0 saturated heterocycles. The molecule has 0 fully saturated rings. The third-order valence-electron chi connectivity index (χ3n) is 3.89. The number of nitrogens with zero attached hydrogens (tertiary/aromatic N) is 3. The van der Waals surface area contributed by atoms with Crippen LogP contribution in [-0.2, 0) is 11.3 Å². The van der Waals surface area contributed by atoms with E-state index in [1.165, 1.54) is 23.9 Å². The normalized spacial score (nSPS) is 12.0. The molecule has 0 aliphatic rings. The SMILES string of the molecule is CCn1c(C)nnc1SC(C(=O)Nc1ccc(F)cc1)c1ccccc1. The number of halogens is 1. The van der Waals surface area contributed by atoms with Gasteiger partial charge in [-0.05, 0) is 43.7 Å². The predicted octanol–water partition coefficient (Wildman–Crippen LogP) is 4.22. The number of carbonyl (C=O) groups excluding carboxylic acids is 1. The van der Waals surface area contributed by atoms with Crippen LogP contribution >= 0.6 is 11.8 Å². The molecule has 0 aliphatic carbocycles. The number of anilines is 1. The Morgan fingerprint density at radius 3 is 2.50 bits per heavy atom. The lowest BCUT2D eigenvalue weighted by molar-refractivity contribution is -0.115. The number of nitrogens with one attached hydrogen (secondary N) is 1. The lowest BCUT2D eigenvalue weighted by atomic mass is 10.1. The summed E-state index contributed by atoms with van der Waals surface area (Å²) in [4.78, 5) is 12.9. The fourth-order valence-electron chi connectivity index (χ4n) is 2.56. The average Bonchev–Trinajstić information content (AvgIpc) is 3.01. The van der Waals surface area contributed by atoms with Gasteiger partial charge in [0, 0.05) is 12.2 Å². The molecule has 3 aromatic rings. The Morgan fingerprint density at radius 1 is 1.15 bits per heavy atom. The number of amides is 1. The highest BCUT2D eigenvalue weighted by Gasteiger charge is 2.25. The number of aromatic nitrogens is 3. The molecule has 0 spiro atoms. The lowest BCUT2D eigenvalue weighted by Gasteiger charge is -2.17. The molecule has 2 aromatic carbocycles. The quantitative estimate of drug-likeness (QED) is 0.660. The molecule has 26 heavy (non-hydrogen) atoms. The summed E-state index contributed by atoms with van der Waals surface area (Å²) in [6.45, 7) is 4.62. The van der Waals surface area contributed by atoms with E-state index in [4.69, 9.17) is 0 Å². The zero-order valence-electron chi connectivity index (χ0n) is 14.5. The zero-order chi connectivity index (χ0) is 18.5. The molecule has 7 heteroatoms. The van der Waals surface area contributed by atoms with Crippen molar-refractivity contribution in [3.8, 4) is 0 Å². The maximum Gasteiger partial charge on any atom is 0.242 e. The van der Waals surface area contributed by atoms with E-state index in [0.29, 0.717) is 10.8 Å². The second-order valence-electron chi connectivity index (χ2n) is 5.68. The molecule has 1 atom stereocenters. The second-order valence-corrected chi connectivity index (χ2v) is 6.75. The number of rotatable bonds is 6. The van der Waals surface area contributed by atoms with Crippen LogP contribution in [0.25, 0.3) is 0 Å². The highest BCUT2D eigenvalue weighted by molar-refractivity contribution is 8.00. The van der Waals surface area contributed by atoms with Gasteiger partial charge in [0.25, 0.3) is 0 Å². The van der Waals surface area contributed by atoms with Crippen LogP contribution in [0.15, 0.2) is 59.8 Å². The minimum Gasteiger partial charge on any atom is -0.325 e. The van der Waals surface area contributed by atoms with Gasteiger partial charge in [-0.1, -0.05) is 42.1 Å². The van der Waals surface area contributed by atoms with Gasteiger partial charge in [0.2, 0.25) is 5.91 Å². The highest BCUT2D eigenvalue weighted by Crippen LogP contribution is 2.35. The van der Waals surface area contributed by atoms with E-state index in [1.807, 2.05) is 48.7 Å². The number of thioether (sulfide) groups is 1. The summed E-state index contributed by atoms with van der Waals surface area (Å²) in [6.07, 6.45) is 0. The van der Waals surface area contributed by atoms with Gasteiger partial charge in [0.1, 0.15) is 16.9 Å². The van der Waals surface area contributed by atoms with Gasteiger partial charge in [-0.2, -0.15) is 0 Å². The van der Waals surface area contributed by atoms with E-state index >= 15 is 0 Å². The Balaban J connectivity index is 1.88. The summed E-state index contributed by atoms with van der Waals surface area (Å²) in [5, 5.41) is 11.3. The largest absolute Gasteiger partial charge is 0.325 e. The molecule has 3 rings (SSSR count).